The van der Waals surface area contributed by atoms with Gasteiger partial charge in [0.05, 0.1) is 0 Å². The second kappa shape index (κ2) is 9.49. The predicted molar refractivity (Wildman–Crippen MR) is 106 cm³/mol. The largest absolute Gasteiger partial charge is 0.477 e. The molecule has 0 aliphatic carbocycles. The lowest BCUT2D eigenvalue weighted by Gasteiger charge is -2.48. The van der Waals surface area contributed by atoms with Crippen LogP contribution in [0.5, 0.6) is 0 Å². The van der Waals surface area contributed by atoms with Gasteiger partial charge >= 0.3 is 5.97 Å². The Balaban J connectivity index is 0.00000156. The number of fused-ring (bicyclic) bond motifs is 1. The van der Waals surface area contributed by atoms with Crippen molar-refractivity contribution in [1.29, 1.82) is 0 Å². The van der Waals surface area contributed by atoms with E-state index in [1.807, 2.05) is 23.6 Å². The molecule has 0 bridgehead atoms. The maximum atomic E-state index is 11.8. The lowest BCUT2D eigenvalue weighted by Crippen LogP contribution is -2.68. The van der Waals surface area contributed by atoms with Gasteiger partial charge in [-0.3, -0.25) is 14.7 Å². The second-order valence-corrected chi connectivity index (χ2v) is 7.09. The van der Waals surface area contributed by atoms with E-state index in [1.165, 1.54) is 28.4 Å². The number of amides is 1. The van der Waals surface area contributed by atoms with Crippen molar-refractivity contribution in [3.63, 3.8) is 0 Å². The van der Waals surface area contributed by atoms with Crippen molar-refractivity contribution >= 4 is 66.3 Å². The van der Waals surface area contributed by atoms with Gasteiger partial charge < -0.3 is 10.8 Å². The Bertz CT molecular complexity index is 701. The van der Waals surface area contributed by atoms with Crippen LogP contribution in [0, 0.1) is 0 Å². The molecule has 2 aliphatic rings. The number of aromatic nitrogens is 1. The zero-order valence-electron chi connectivity index (χ0n) is 12.9. The van der Waals surface area contributed by atoms with E-state index < -0.39 is 12.0 Å². The topological polar surface area (TPSA) is 96.5 Å². The Labute approximate surface area is 166 Å². The molecule has 25 heavy (non-hydrogen) atoms. The number of nitrogens with zero attached hydrogens (tertiary/aromatic N) is 2. The first-order valence-electron chi connectivity index (χ1n) is 6.93. The van der Waals surface area contributed by atoms with E-state index >= 15 is 0 Å². The molecule has 3 rings (SSSR count). The van der Waals surface area contributed by atoms with E-state index in [4.69, 9.17) is 5.73 Å². The molecule has 1 fully saturated rings. The number of carboxylic acid groups (broad SMARTS) is 1. The highest BCUT2D eigenvalue weighted by Gasteiger charge is 2.51. The Hall–Kier alpha value is -1.19. The summed E-state index contributed by atoms with van der Waals surface area (Å²) in [5, 5.41) is 11.1. The molecule has 2 aliphatic heterocycles. The smallest absolute Gasteiger partial charge is 0.352 e. The summed E-state index contributed by atoms with van der Waals surface area (Å²) < 4.78 is 0. The molecular weight excluding hydrogens is 405 g/mol. The number of carbonyl (C=O) groups excluding carboxylic acids is 1. The van der Waals surface area contributed by atoms with Crippen LogP contribution in [0.3, 0.4) is 0 Å². The Morgan fingerprint density at radius 1 is 1.52 bits per heavy atom. The lowest BCUT2D eigenvalue weighted by atomic mass is 10.0. The minimum atomic E-state index is -1.07. The average molecular weight is 422 g/mol. The van der Waals surface area contributed by atoms with Gasteiger partial charge in [0.1, 0.15) is 17.1 Å². The fourth-order valence-corrected chi connectivity index (χ4v) is 4.65. The molecule has 0 saturated carbocycles. The van der Waals surface area contributed by atoms with E-state index in [2.05, 4.69) is 4.98 Å². The third-order valence-corrected chi connectivity index (χ3v) is 5.79. The Morgan fingerprint density at radius 3 is 2.92 bits per heavy atom. The maximum Gasteiger partial charge on any atom is 0.352 e. The van der Waals surface area contributed by atoms with Gasteiger partial charge in [0.15, 0.2) is 0 Å². The number of carboxylic acids is 1. The van der Waals surface area contributed by atoms with Crippen LogP contribution in [0.2, 0.25) is 0 Å². The summed E-state index contributed by atoms with van der Waals surface area (Å²) in [6.45, 7) is 0. The molecule has 136 valence electrons. The normalized spacial score (nSPS) is 22.0. The Kier molecular flexibility index (Phi) is 8.30. The molecule has 3 heterocycles. The molecule has 2 atom stereocenters. The van der Waals surface area contributed by atoms with E-state index in [0.29, 0.717) is 11.5 Å². The van der Waals surface area contributed by atoms with Crippen molar-refractivity contribution in [3.8, 4) is 0 Å². The highest BCUT2D eigenvalue weighted by molar-refractivity contribution is 8.02. The van der Waals surface area contributed by atoms with Crippen LogP contribution < -0.4 is 5.73 Å². The lowest BCUT2D eigenvalue weighted by molar-refractivity contribution is -0.147. The molecule has 0 radical (unpaired) electrons. The van der Waals surface area contributed by atoms with Gasteiger partial charge in [0.2, 0.25) is 5.91 Å². The van der Waals surface area contributed by atoms with Gasteiger partial charge in [-0.2, -0.15) is 0 Å². The van der Waals surface area contributed by atoms with Crippen LogP contribution >= 0.6 is 48.3 Å². The molecule has 10 heteroatoms. The van der Waals surface area contributed by atoms with E-state index in [1.54, 1.807) is 12.4 Å². The van der Waals surface area contributed by atoms with Crippen LogP contribution in [-0.2, 0) is 9.59 Å². The van der Waals surface area contributed by atoms with Crippen LogP contribution in [-0.4, -0.2) is 49.8 Å². The minimum Gasteiger partial charge on any atom is -0.477 e. The summed E-state index contributed by atoms with van der Waals surface area (Å²) >= 11 is 3.01. The molecule has 6 nitrogen and oxygen atoms in total. The Morgan fingerprint density at radius 2 is 2.28 bits per heavy atom. The van der Waals surface area contributed by atoms with Gasteiger partial charge in [0, 0.05) is 23.9 Å². The third-order valence-electron chi connectivity index (χ3n) is 3.59. The number of nitrogens with two attached hydrogens (primary N) is 1. The van der Waals surface area contributed by atoms with Crippen LogP contribution in [0.25, 0.3) is 6.08 Å². The predicted octanol–water partition coefficient (Wildman–Crippen LogP) is 2.21. The van der Waals surface area contributed by atoms with Crippen molar-refractivity contribution in [2.45, 2.75) is 11.4 Å². The van der Waals surface area contributed by atoms with Crippen LogP contribution in [0.1, 0.15) is 5.56 Å². The molecule has 0 spiro atoms. The number of aliphatic carboxylic acids is 1. The van der Waals surface area contributed by atoms with Crippen molar-refractivity contribution in [2.24, 2.45) is 5.73 Å². The van der Waals surface area contributed by atoms with Crippen molar-refractivity contribution < 1.29 is 14.7 Å². The quantitative estimate of drug-likeness (QED) is 0.703. The minimum absolute atomic E-state index is 0. The maximum absolute atomic E-state index is 11.8. The number of carbonyl (C=O) groups is 2. The number of halogens is 2. The molecule has 1 amide bonds. The molecule has 1 unspecified atom stereocenters. The van der Waals surface area contributed by atoms with Crippen LogP contribution in [0.4, 0.5) is 0 Å². The van der Waals surface area contributed by atoms with Crippen molar-refractivity contribution in [2.75, 3.05) is 11.5 Å². The first-order valence-corrected chi connectivity index (χ1v) is 9.03. The fraction of sp³-hybridized carbons (Fsp3) is 0.267. The van der Waals surface area contributed by atoms with Gasteiger partial charge in [-0.15, -0.1) is 48.3 Å². The first kappa shape index (κ1) is 21.9. The van der Waals surface area contributed by atoms with Crippen molar-refractivity contribution in [1.82, 2.24) is 9.88 Å². The van der Waals surface area contributed by atoms with Crippen molar-refractivity contribution in [3.05, 3.63) is 46.8 Å². The van der Waals surface area contributed by atoms with Gasteiger partial charge in [-0.1, -0.05) is 6.07 Å². The highest BCUT2D eigenvalue weighted by atomic mass is 35.5. The van der Waals surface area contributed by atoms with E-state index in [9.17, 15) is 14.7 Å². The third kappa shape index (κ3) is 4.51. The van der Waals surface area contributed by atoms with E-state index in [-0.39, 0.29) is 41.8 Å². The number of pyridine rings is 1. The summed E-state index contributed by atoms with van der Waals surface area (Å²) in [6, 6.07) is 3.20. The standard InChI is InChI=1S/C15H15N3O3S2.2ClH/c16-11-13(19)18-12(15(20)21)10(8-23-14(11)18)7-22-5-3-9-2-1-4-17-6-9;;/h1-6,11,14H,7-8,16H2,(H,20,21);2*1H/b5-3-;;/t11?,14-;;/m1../s1. The second-order valence-electron chi connectivity index (χ2n) is 5.09. The molecule has 0 aromatic carbocycles. The summed E-state index contributed by atoms with van der Waals surface area (Å²) in [5.74, 6) is -0.273. The number of β-lactam (4-membered cyclic amide) rings is 1. The SMILES string of the molecule is Cl.Cl.NC1C(=O)N2C(C(=O)O)=C(CS/C=C\c3cccnc3)CS[C@H]12. The zero-order chi connectivity index (χ0) is 16.4. The molecular formula is C15H17Cl2N3O3S2. The fourth-order valence-electron chi connectivity index (χ4n) is 2.44. The van der Waals surface area contributed by atoms with E-state index in [0.717, 1.165) is 11.1 Å². The molecule has 1 saturated heterocycles. The summed E-state index contributed by atoms with van der Waals surface area (Å²) in [6.07, 6.45) is 5.38. The highest BCUT2D eigenvalue weighted by Crippen LogP contribution is 2.40. The zero-order valence-corrected chi connectivity index (χ0v) is 16.2. The summed E-state index contributed by atoms with van der Waals surface area (Å²) in [4.78, 5) is 28.7. The molecule has 1 aromatic heterocycles. The molecule has 3 N–H and O–H groups in total. The first-order chi connectivity index (χ1) is 11.1. The van der Waals surface area contributed by atoms with Gasteiger partial charge in [0.25, 0.3) is 0 Å². The van der Waals surface area contributed by atoms with Crippen LogP contribution in [0.15, 0.2) is 41.2 Å². The molecule has 1 aromatic rings. The number of hydrogen-bond acceptors (Lipinski definition) is 6. The number of thioether (sulfide) groups is 2. The monoisotopic (exact) mass is 421 g/mol. The summed E-state index contributed by atoms with van der Waals surface area (Å²) in [7, 11) is 0. The van der Waals surface area contributed by atoms with Gasteiger partial charge in [-0.05, 0) is 28.7 Å². The average Bonchev–Trinajstić information content (AvgIpc) is 2.58. The summed E-state index contributed by atoms with van der Waals surface area (Å²) in [5.41, 5.74) is 7.55. The number of hydrogen-bond donors (Lipinski definition) is 2. The number of rotatable bonds is 5. The van der Waals surface area contributed by atoms with Gasteiger partial charge in [-0.25, -0.2) is 4.79 Å².